The fourth-order valence-electron chi connectivity index (χ4n) is 1.99. The van der Waals surface area contributed by atoms with Gasteiger partial charge in [-0.3, -0.25) is 0 Å². The van der Waals surface area contributed by atoms with Crippen LogP contribution in [-0.4, -0.2) is 6.54 Å². The summed E-state index contributed by atoms with van der Waals surface area (Å²) in [5.74, 6) is 0. The highest BCUT2D eigenvalue weighted by Gasteiger charge is 2.13. The summed E-state index contributed by atoms with van der Waals surface area (Å²) in [5, 5.41) is 6.69. The van der Waals surface area contributed by atoms with Crippen LogP contribution in [0.3, 0.4) is 0 Å². The molecule has 1 N–H and O–H groups in total. The molecule has 1 aromatic heterocycles. The number of benzene rings is 1. The van der Waals surface area contributed by atoms with E-state index in [0.29, 0.717) is 6.04 Å². The summed E-state index contributed by atoms with van der Waals surface area (Å²) in [6, 6.07) is 10.8. The SMILES string of the molecule is CCCNC(Cc1ccc(Cl)cc1)c1csc(I)c1. The molecule has 19 heavy (non-hydrogen) atoms. The Labute approximate surface area is 137 Å². The second-order valence-electron chi connectivity index (χ2n) is 4.52. The second-order valence-corrected chi connectivity index (χ2v) is 7.76. The summed E-state index contributed by atoms with van der Waals surface area (Å²) >= 11 is 10.1. The maximum Gasteiger partial charge on any atom is 0.0656 e. The van der Waals surface area contributed by atoms with E-state index in [-0.39, 0.29) is 0 Å². The summed E-state index contributed by atoms with van der Waals surface area (Å²) in [7, 11) is 0. The van der Waals surface area contributed by atoms with E-state index in [1.54, 1.807) is 11.3 Å². The zero-order valence-electron chi connectivity index (χ0n) is 10.8. The topological polar surface area (TPSA) is 12.0 Å². The van der Waals surface area contributed by atoms with Gasteiger partial charge in [-0.15, -0.1) is 11.3 Å². The monoisotopic (exact) mass is 405 g/mol. The summed E-state index contributed by atoms with van der Waals surface area (Å²) in [6.07, 6.45) is 2.16. The Morgan fingerprint density at radius 3 is 2.63 bits per heavy atom. The van der Waals surface area contributed by atoms with Crippen LogP contribution >= 0.6 is 45.5 Å². The van der Waals surface area contributed by atoms with Gasteiger partial charge in [0.2, 0.25) is 0 Å². The number of rotatable bonds is 6. The Balaban J connectivity index is 2.11. The summed E-state index contributed by atoms with van der Waals surface area (Å²) < 4.78 is 1.34. The number of nitrogens with one attached hydrogen (secondary N) is 1. The van der Waals surface area contributed by atoms with E-state index in [9.17, 15) is 0 Å². The van der Waals surface area contributed by atoms with Gasteiger partial charge in [0.15, 0.2) is 0 Å². The van der Waals surface area contributed by atoms with E-state index in [0.717, 1.165) is 24.4 Å². The minimum Gasteiger partial charge on any atom is -0.310 e. The molecule has 1 atom stereocenters. The molecule has 0 aliphatic carbocycles. The molecule has 0 saturated heterocycles. The van der Waals surface area contributed by atoms with E-state index < -0.39 is 0 Å². The van der Waals surface area contributed by atoms with E-state index in [1.807, 2.05) is 12.1 Å². The molecule has 0 saturated carbocycles. The maximum absolute atomic E-state index is 5.94. The van der Waals surface area contributed by atoms with Crippen LogP contribution in [-0.2, 0) is 6.42 Å². The minimum absolute atomic E-state index is 0.390. The van der Waals surface area contributed by atoms with Crippen LogP contribution in [0.2, 0.25) is 5.02 Å². The van der Waals surface area contributed by atoms with Crippen molar-refractivity contribution in [2.75, 3.05) is 6.54 Å². The molecule has 0 aliphatic heterocycles. The van der Waals surface area contributed by atoms with Gasteiger partial charge in [0, 0.05) is 11.1 Å². The van der Waals surface area contributed by atoms with Crippen LogP contribution in [0, 0.1) is 2.88 Å². The largest absolute Gasteiger partial charge is 0.310 e. The summed E-state index contributed by atoms with van der Waals surface area (Å²) in [4.78, 5) is 0. The highest BCUT2D eigenvalue weighted by atomic mass is 127. The van der Waals surface area contributed by atoms with Crippen LogP contribution in [0.25, 0.3) is 0 Å². The summed E-state index contributed by atoms with van der Waals surface area (Å²) in [6.45, 7) is 3.24. The normalized spacial score (nSPS) is 12.6. The first-order valence-electron chi connectivity index (χ1n) is 6.40. The quantitative estimate of drug-likeness (QED) is 0.644. The Morgan fingerprint density at radius 1 is 1.32 bits per heavy atom. The van der Waals surface area contributed by atoms with Gasteiger partial charge in [0.05, 0.1) is 2.88 Å². The number of thiophene rings is 1. The lowest BCUT2D eigenvalue weighted by atomic mass is 10.0. The molecule has 4 heteroatoms. The Kier molecular flexibility index (Phi) is 6.13. The van der Waals surface area contributed by atoms with Crippen molar-refractivity contribution in [3.05, 3.63) is 54.7 Å². The van der Waals surface area contributed by atoms with Crippen molar-refractivity contribution in [2.24, 2.45) is 0 Å². The molecule has 1 heterocycles. The molecule has 0 fully saturated rings. The molecule has 1 unspecified atom stereocenters. The molecule has 0 bridgehead atoms. The van der Waals surface area contributed by atoms with Gasteiger partial charge in [-0.25, -0.2) is 0 Å². The van der Waals surface area contributed by atoms with Gasteiger partial charge in [-0.1, -0.05) is 30.7 Å². The van der Waals surface area contributed by atoms with Crippen LogP contribution in [0.15, 0.2) is 35.7 Å². The first kappa shape index (κ1) is 15.3. The number of hydrogen-bond donors (Lipinski definition) is 1. The Morgan fingerprint density at radius 2 is 2.05 bits per heavy atom. The van der Waals surface area contributed by atoms with E-state index in [1.165, 1.54) is 14.0 Å². The van der Waals surface area contributed by atoms with Crippen molar-refractivity contribution in [2.45, 2.75) is 25.8 Å². The van der Waals surface area contributed by atoms with Crippen molar-refractivity contribution >= 4 is 45.5 Å². The summed E-state index contributed by atoms with van der Waals surface area (Å²) in [5.41, 5.74) is 2.71. The molecular formula is C15H17ClINS. The van der Waals surface area contributed by atoms with Gasteiger partial charge < -0.3 is 5.32 Å². The highest BCUT2D eigenvalue weighted by molar-refractivity contribution is 14.1. The lowest BCUT2D eigenvalue weighted by molar-refractivity contribution is 0.530. The molecule has 1 nitrogen and oxygen atoms in total. The molecule has 102 valence electrons. The van der Waals surface area contributed by atoms with Gasteiger partial charge in [0.1, 0.15) is 0 Å². The van der Waals surface area contributed by atoms with Crippen molar-refractivity contribution in [1.82, 2.24) is 5.32 Å². The third-order valence-electron chi connectivity index (χ3n) is 2.98. The van der Waals surface area contributed by atoms with Crippen molar-refractivity contribution in [3.63, 3.8) is 0 Å². The average molecular weight is 406 g/mol. The van der Waals surface area contributed by atoms with Crippen molar-refractivity contribution < 1.29 is 0 Å². The van der Waals surface area contributed by atoms with Crippen LogP contribution in [0.4, 0.5) is 0 Å². The highest BCUT2D eigenvalue weighted by Crippen LogP contribution is 2.25. The predicted molar refractivity (Wildman–Crippen MR) is 93.2 cm³/mol. The van der Waals surface area contributed by atoms with Gasteiger partial charge in [-0.2, -0.15) is 0 Å². The van der Waals surface area contributed by atoms with Gasteiger partial charge >= 0.3 is 0 Å². The van der Waals surface area contributed by atoms with Gasteiger partial charge in [-0.05, 0) is 76.7 Å². The maximum atomic E-state index is 5.94. The molecule has 2 rings (SSSR count). The molecule has 0 amide bonds. The zero-order chi connectivity index (χ0) is 13.7. The Hall–Kier alpha value is -0.100. The predicted octanol–water partition coefficient (Wildman–Crippen LogP) is 5.29. The fourth-order valence-corrected chi connectivity index (χ4v) is 3.54. The van der Waals surface area contributed by atoms with Crippen molar-refractivity contribution in [1.29, 1.82) is 0 Å². The fraction of sp³-hybridized carbons (Fsp3) is 0.333. The van der Waals surface area contributed by atoms with Gasteiger partial charge in [0.25, 0.3) is 0 Å². The molecule has 2 aromatic rings. The molecule has 0 aliphatic rings. The van der Waals surface area contributed by atoms with Crippen LogP contribution < -0.4 is 5.32 Å². The van der Waals surface area contributed by atoms with E-state index in [2.05, 4.69) is 58.4 Å². The number of halogens is 2. The lowest BCUT2D eigenvalue weighted by Crippen LogP contribution is -2.23. The molecule has 0 radical (unpaired) electrons. The standard InChI is InChI=1S/C15H17ClINS/c1-2-7-18-14(12-9-15(17)19-10-12)8-11-3-5-13(16)6-4-11/h3-6,9-10,14,18H,2,7-8H2,1H3. The van der Waals surface area contributed by atoms with E-state index in [4.69, 9.17) is 11.6 Å². The van der Waals surface area contributed by atoms with Crippen LogP contribution in [0.1, 0.15) is 30.5 Å². The molecule has 1 aromatic carbocycles. The Bertz CT molecular complexity index is 509. The first-order chi connectivity index (χ1) is 9.19. The van der Waals surface area contributed by atoms with E-state index >= 15 is 0 Å². The smallest absolute Gasteiger partial charge is 0.0656 e. The second kappa shape index (κ2) is 7.62. The third kappa shape index (κ3) is 4.74. The zero-order valence-corrected chi connectivity index (χ0v) is 14.6. The van der Waals surface area contributed by atoms with Crippen LogP contribution in [0.5, 0.6) is 0 Å². The molecule has 0 spiro atoms. The molecular weight excluding hydrogens is 389 g/mol. The van der Waals surface area contributed by atoms with Crippen molar-refractivity contribution in [3.8, 4) is 0 Å². The third-order valence-corrected chi connectivity index (χ3v) is 5.04. The first-order valence-corrected chi connectivity index (χ1v) is 8.74. The minimum atomic E-state index is 0.390. The average Bonchev–Trinajstić information content (AvgIpc) is 2.83. The lowest BCUT2D eigenvalue weighted by Gasteiger charge is -2.17. The number of hydrogen-bond acceptors (Lipinski definition) is 2.